The summed E-state index contributed by atoms with van der Waals surface area (Å²) >= 11 is 0. The van der Waals surface area contributed by atoms with E-state index in [0.717, 1.165) is 28.1 Å². The number of carbonyl (C=O) groups excluding carboxylic acids is 1. The number of methoxy groups -OCH3 is 1. The third kappa shape index (κ3) is 3.39. The van der Waals surface area contributed by atoms with Crippen LogP contribution in [0.4, 0.5) is 14.5 Å². The average molecular weight is 433 g/mol. The lowest BCUT2D eigenvalue weighted by Gasteiger charge is -2.20. The number of alkyl halides is 2. The molecule has 8 heteroatoms. The van der Waals surface area contributed by atoms with Gasteiger partial charge in [-0.2, -0.15) is 8.78 Å². The van der Waals surface area contributed by atoms with Gasteiger partial charge in [0, 0.05) is 16.7 Å². The van der Waals surface area contributed by atoms with Gasteiger partial charge in [-0.3, -0.25) is 4.79 Å². The Hall–Kier alpha value is -4.07. The van der Waals surface area contributed by atoms with Crippen molar-refractivity contribution in [3.05, 3.63) is 83.7 Å². The van der Waals surface area contributed by atoms with Gasteiger partial charge in [0.1, 0.15) is 5.75 Å². The van der Waals surface area contributed by atoms with Crippen LogP contribution < -0.4 is 9.64 Å². The molecular formula is C24H17F2N3O3. The molecule has 0 saturated heterocycles. The van der Waals surface area contributed by atoms with Crippen LogP contribution in [0.5, 0.6) is 5.75 Å². The highest BCUT2D eigenvalue weighted by Crippen LogP contribution is 2.38. The topological polar surface area (TPSA) is 68.5 Å². The SMILES string of the molecule is COc1cccc(-c2ccccc2N2Cc3ccc(-c4nnc(C(F)F)o4)cc3C2=O)c1. The number of anilines is 1. The van der Waals surface area contributed by atoms with Crippen molar-refractivity contribution in [2.45, 2.75) is 13.0 Å². The standard InChI is InChI=1S/C24H17F2N3O3/c1-31-17-6-4-5-14(11-17)18-7-2-3-8-20(18)29-13-16-10-9-15(12-19(16)24(29)30)22-27-28-23(32-22)21(25)26/h2-12,21H,13H2,1H3. The lowest BCUT2D eigenvalue weighted by Crippen LogP contribution is -2.23. The number of hydrogen-bond acceptors (Lipinski definition) is 5. The zero-order valence-corrected chi connectivity index (χ0v) is 17.0. The number of fused-ring (bicyclic) bond motifs is 1. The van der Waals surface area contributed by atoms with Crippen LogP contribution in [0.1, 0.15) is 28.2 Å². The van der Waals surface area contributed by atoms with Gasteiger partial charge in [0.25, 0.3) is 11.8 Å². The number of hydrogen-bond donors (Lipinski definition) is 0. The smallest absolute Gasteiger partial charge is 0.314 e. The molecule has 5 rings (SSSR count). The minimum absolute atomic E-state index is 0.0499. The number of carbonyl (C=O) groups is 1. The maximum atomic E-state index is 13.3. The van der Waals surface area contributed by atoms with Crippen molar-refractivity contribution in [3.8, 4) is 28.3 Å². The van der Waals surface area contributed by atoms with Crippen LogP contribution >= 0.6 is 0 Å². The first kappa shape index (κ1) is 19.9. The van der Waals surface area contributed by atoms with Gasteiger partial charge >= 0.3 is 6.43 Å². The van der Waals surface area contributed by atoms with Gasteiger partial charge in [-0.15, -0.1) is 10.2 Å². The molecule has 0 atom stereocenters. The van der Waals surface area contributed by atoms with Crippen molar-refractivity contribution in [3.63, 3.8) is 0 Å². The summed E-state index contributed by atoms with van der Waals surface area (Å²) in [5.41, 5.74) is 4.30. The molecule has 6 nitrogen and oxygen atoms in total. The zero-order valence-electron chi connectivity index (χ0n) is 17.0. The number of halogens is 2. The van der Waals surface area contributed by atoms with Crippen molar-refractivity contribution in [1.29, 1.82) is 0 Å². The predicted molar refractivity (Wildman–Crippen MR) is 114 cm³/mol. The van der Waals surface area contributed by atoms with Gasteiger partial charge in [-0.25, -0.2) is 0 Å². The Kier molecular flexibility index (Phi) is 4.89. The minimum atomic E-state index is -2.85. The third-order valence-electron chi connectivity index (χ3n) is 5.36. The number of benzene rings is 3. The Morgan fingerprint density at radius 2 is 1.81 bits per heavy atom. The highest BCUT2D eigenvalue weighted by molar-refractivity contribution is 6.12. The van der Waals surface area contributed by atoms with Crippen LogP contribution in [-0.2, 0) is 6.54 Å². The summed E-state index contributed by atoms with van der Waals surface area (Å²) in [5, 5.41) is 7.03. The van der Waals surface area contributed by atoms with Gasteiger partial charge in [-0.05, 0) is 41.5 Å². The number of aromatic nitrogens is 2. The van der Waals surface area contributed by atoms with E-state index in [9.17, 15) is 13.6 Å². The molecule has 1 aliphatic rings. The molecule has 0 aliphatic carbocycles. The van der Waals surface area contributed by atoms with Crippen LogP contribution in [0.2, 0.25) is 0 Å². The maximum Gasteiger partial charge on any atom is 0.314 e. The van der Waals surface area contributed by atoms with E-state index in [2.05, 4.69) is 10.2 Å². The fraction of sp³-hybridized carbons (Fsp3) is 0.125. The van der Waals surface area contributed by atoms with E-state index in [1.807, 2.05) is 48.5 Å². The van der Waals surface area contributed by atoms with Gasteiger partial charge in [0.05, 0.1) is 19.3 Å². The van der Waals surface area contributed by atoms with E-state index < -0.39 is 12.3 Å². The van der Waals surface area contributed by atoms with Crippen molar-refractivity contribution in [2.24, 2.45) is 0 Å². The van der Waals surface area contributed by atoms with Gasteiger partial charge in [0.15, 0.2) is 0 Å². The first-order valence-electron chi connectivity index (χ1n) is 9.85. The monoisotopic (exact) mass is 433 g/mol. The summed E-state index contributed by atoms with van der Waals surface area (Å²) < 4.78 is 35.9. The van der Waals surface area contributed by atoms with Crippen molar-refractivity contribution in [2.75, 3.05) is 12.0 Å². The molecule has 0 radical (unpaired) electrons. The Balaban J connectivity index is 1.50. The summed E-state index contributed by atoms with van der Waals surface area (Å²) in [6.07, 6.45) is -2.85. The van der Waals surface area contributed by atoms with Crippen molar-refractivity contribution in [1.82, 2.24) is 10.2 Å². The molecule has 160 valence electrons. The van der Waals surface area contributed by atoms with Crippen LogP contribution in [0, 0.1) is 0 Å². The molecule has 4 aromatic rings. The molecule has 0 bridgehead atoms. The second-order valence-electron chi connectivity index (χ2n) is 7.26. The van der Waals surface area contributed by atoms with E-state index in [4.69, 9.17) is 9.15 Å². The fourth-order valence-corrected chi connectivity index (χ4v) is 3.81. The quantitative estimate of drug-likeness (QED) is 0.415. The molecule has 0 unspecified atom stereocenters. The normalized spacial score (nSPS) is 13.0. The van der Waals surface area contributed by atoms with E-state index in [1.54, 1.807) is 30.2 Å². The number of para-hydroxylation sites is 1. The second-order valence-corrected chi connectivity index (χ2v) is 7.26. The number of amides is 1. The maximum absolute atomic E-state index is 13.3. The van der Waals surface area contributed by atoms with Crippen LogP contribution in [0.15, 0.2) is 71.1 Å². The van der Waals surface area contributed by atoms with E-state index in [-0.39, 0.29) is 11.8 Å². The molecular weight excluding hydrogens is 416 g/mol. The second kappa shape index (κ2) is 7.88. The van der Waals surface area contributed by atoms with E-state index in [0.29, 0.717) is 17.7 Å². The van der Waals surface area contributed by atoms with Gasteiger partial charge < -0.3 is 14.1 Å². The highest BCUT2D eigenvalue weighted by Gasteiger charge is 2.31. The molecule has 32 heavy (non-hydrogen) atoms. The van der Waals surface area contributed by atoms with Crippen LogP contribution in [0.3, 0.4) is 0 Å². The molecule has 1 aliphatic heterocycles. The van der Waals surface area contributed by atoms with E-state index in [1.165, 1.54) is 0 Å². The van der Waals surface area contributed by atoms with Crippen LogP contribution in [0.25, 0.3) is 22.6 Å². The largest absolute Gasteiger partial charge is 0.497 e. The van der Waals surface area contributed by atoms with Crippen molar-refractivity contribution >= 4 is 11.6 Å². The summed E-state index contributed by atoms with van der Waals surface area (Å²) in [6.45, 7) is 0.390. The van der Waals surface area contributed by atoms with Crippen molar-refractivity contribution < 1.29 is 22.7 Å². The Morgan fingerprint density at radius 1 is 0.969 bits per heavy atom. The number of nitrogens with zero attached hydrogens (tertiary/aromatic N) is 3. The summed E-state index contributed by atoms with van der Waals surface area (Å²) in [6, 6.07) is 20.4. The summed E-state index contributed by atoms with van der Waals surface area (Å²) in [4.78, 5) is 15.0. The predicted octanol–water partition coefficient (Wildman–Crippen LogP) is 5.51. The first-order valence-corrected chi connectivity index (χ1v) is 9.85. The Labute approximate surface area is 182 Å². The fourth-order valence-electron chi connectivity index (χ4n) is 3.81. The average Bonchev–Trinajstić information content (AvgIpc) is 3.44. The molecule has 1 aromatic heterocycles. The first-order chi connectivity index (χ1) is 15.5. The third-order valence-corrected chi connectivity index (χ3v) is 5.36. The number of ether oxygens (including phenoxy) is 1. The van der Waals surface area contributed by atoms with Gasteiger partial charge in [0.2, 0.25) is 5.89 Å². The molecule has 2 heterocycles. The lowest BCUT2D eigenvalue weighted by atomic mass is 10.0. The summed E-state index contributed by atoms with van der Waals surface area (Å²) in [7, 11) is 1.61. The lowest BCUT2D eigenvalue weighted by molar-refractivity contribution is 0.0996. The van der Waals surface area contributed by atoms with E-state index >= 15 is 0 Å². The van der Waals surface area contributed by atoms with Gasteiger partial charge in [-0.1, -0.05) is 36.4 Å². The molecule has 0 N–H and O–H groups in total. The Bertz CT molecular complexity index is 1320. The van der Waals surface area contributed by atoms with Crippen LogP contribution in [-0.4, -0.2) is 23.2 Å². The summed E-state index contributed by atoms with van der Waals surface area (Å²) in [5.74, 6) is -0.265. The highest BCUT2D eigenvalue weighted by atomic mass is 19.3. The minimum Gasteiger partial charge on any atom is -0.497 e. The zero-order chi connectivity index (χ0) is 22.2. The number of rotatable bonds is 5. The molecule has 0 saturated carbocycles. The Morgan fingerprint density at radius 3 is 2.59 bits per heavy atom. The molecule has 0 spiro atoms. The molecule has 0 fully saturated rings. The molecule has 1 amide bonds. The molecule has 3 aromatic carbocycles.